The number of carbonyl (C=O) groups excluding carboxylic acids is 1. The standard InChI is InChI=1S/C19H23NO3/c1-14-11-15(2)13-18(12-14)22-10-9-20(4)19(21)8-7-17-6-5-16(3)23-17/h5-8,11-13H,9-10H2,1-4H3/b8-7+. The van der Waals surface area contributed by atoms with E-state index in [-0.39, 0.29) is 5.91 Å². The summed E-state index contributed by atoms with van der Waals surface area (Å²) in [5.74, 6) is 2.26. The van der Waals surface area contributed by atoms with Gasteiger partial charge in [-0.15, -0.1) is 0 Å². The van der Waals surface area contributed by atoms with E-state index in [1.165, 1.54) is 17.2 Å². The Morgan fingerprint density at radius 2 is 1.87 bits per heavy atom. The van der Waals surface area contributed by atoms with Crippen LogP contribution in [0.3, 0.4) is 0 Å². The van der Waals surface area contributed by atoms with Crippen LogP contribution in [0.2, 0.25) is 0 Å². The van der Waals surface area contributed by atoms with Gasteiger partial charge in [0.2, 0.25) is 5.91 Å². The fourth-order valence-corrected chi connectivity index (χ4v) is 2.25. The van der Waals surface area contributed by atoms with Crippen molar-refractivity contribution < 1.29 is 13.9 Å². The van der Waals surface area contributed by atoms with Crippen molar-refractivity contribution in [1.82, 2.24) is 4.90 Å². The van der Waals surface area contributed by atoms with Crippen LogP contribution in [0, 0.1) is 20.8 Å². The van der Waals surface area contributed by atoms with Gasteiger partial charge in [0.15, 0.2) is 0 Å². The molecule has 0 aliphatic heterocycles. The topological polar surface area (TPSA) is 42.7 Å². The number of benzene rings is 1. The average Bonchev–Trinajstić information content (AvgIpc) is 2.89. The highest BCUT2D eigenvalue weighted by Gasteiger charge is 2.06. The lowest BCUT2D eigenvalue weighted by molar-refractivity contribution is -0.125. The van der Waals surface area contributed by atoms with Crippen molar-refractivity contribution in [2.24, 2.45) is 0 Å². The molecular formula is C19H23NO3. The molecule has 0 aliphatic carbocycles. The predicted octanol–water partition coefficient (Wildman–Crippen LogP) is 3.76. The lowest BCUT2D eigenvalue weighted by Gasteiger charge is -2.16. The van der Waals surface area contributed by atoms with Gasteiger partial charge in [0, 0.05) is 13.1 Å². The fourth-order valence-electron chi connectivity index (χ4n) is 2.25. The third-order valence-electron chi connectivity index (χ3n) is 3.42. The highest BCUT2D eigenvalue weighted by Crippen LogP contribution is 2.16. The minimum absolute atomic E-state index is 0.0805. The van der Waals surface area contributed by atoms with Crippen molar-refractivity contribution >= 4 is 12.0 Å². The van der Waals surface area contributed by atoms with E-state index in [2.05, 4.69) is 6.07 Å². The van der Waals surface area contributed by atoms with E-state index in [0.29, 0.717) is 18.9 Å². The third-order valence-corrected chi connectivity index (χ3v) is 3.42. The van der Waals surface area contributed by atoms with Gasteiger partial charge in [0.1, 0.15) is 23.9 Å². The molecule has 0 atom stereocenters. The van der Waals surface area contributed by atoms with Crippen LogP contribution in [-0.4, -0.2) is 31.0 Å². The number of nitrogens with zero attached hydrogens (tertiary/aromatic N) is 1. The molecule has 2 rings (SSSR count). The molecule has 0 aliphatic rings. The molecule has 4 nitrogen and oxygen atoms in total. The zero-order valence-corrected chi connectivity index (χ0v) is 14.1. The average molecular weight is 313 g/mol. The number of hydrogen-bond donors (Lipinski definition) is 0. The van der Waals surface area contributed by atoms with Crippen LogP contribution in [0.5, 0.6) is 5.75 Å². The van der Waals surface area contributed by atoms with Gasteiger partial charge in [0.05, 0.1) is 6.54 Å². The maximum Gasteiger partial charge on any atom is 0.246 e. The Hall–Kier alpha value is -2.49. The summed E-state index contributed by atoms with van der Waals surface area (Å²) >= 11 is 0. The Morgan fingerprint density at radius 1 is 1.17 bits per heavy atom. The van der Waals surface area contributed by atoms with Gasteiger partial charge < -0.3 is 14.1 Å². The van der Waals surface area contributed by atoms with Crippen molar-refractivity contribution in [3.05, 3.63) is 59.1 Å². The summed E-state index contributed by atoms with van der Waals surface area (Å²) in [7, 11) is 1.75. The van der Waals surface area contributed by atoms with Crippen LogP contribution in [0.4, 0.5) is 0 Å². The molecule has 0 fully saturated rings. The molecule has 1 amide bonds. The zero-order chi connectivity index (χ0) is 16.8. The molecule has 0 N–H and O–H groups in total. The molecule has 0 spiro atoms. The summed E-state index contributed by atoms with van der Waals surface area (Å²) in [4.78, 5) is 13.6. The van der Waals surface area contributed by atoms with Gasteiger partial charge >= 0.3 is 0 Å². The molecule has 0 saturated heterocycles. The Balaban J connectivity index is 1.80. The quantitative estimate of drug-likeness (QED) is 0.763. The van der Waals surface area contributed by atoms with Crippen LogP contribution in [0.1, 0.15) is 22.6 Å². The maximum atomic E-state index is 12.0. The molecule has 0 radical (unpaired) electrons. The lowest BCUT2D eigenvalue weighted by atomic mass is 10.1. The Morgan fingerprint density at radius 3 is 2.48 bits per heavy atom. The monoisotopic (exact) mass is 313 g/mol. The molecule has 2 aromatic rings. The first-order chi connectivity index (χ1) is 10.9. The van der Waals surface area contributed by atoms with Crippen LogP contribution >= 0.6 is 0 Å². The first-order valence-corrected chi connectivity index (χ1v) is 7.65. The second kappa shape index (κ2) is 7.68. The largest absolute Gasteiger partial charge is 0.492 e. The van der Waals surface area contributed by atoms with E-state index >= 15 is 0 Å². The van der Waals surface area contributed by atoms with Gasteiger partial charge in [-0.2, -0.15) is 0 Å². The van der Waals surface area contributed by atoms with E-state index in [1.54, 1.807) is 18.0 Å². The van der Waals surface area contributed by atoms with E-state index in [1.807, 2.05) is 45.0 Å². The van der Waals surface area contributed by atoms with Crippen molar-refractivity contribution in [2.75, 3.05) is 20.2 Å². The van der Waals surface area contributed by atoms with Crippen LogP contribution < -0.4 is 4.74 Å². The second-order valence-corrected chi connectivity index (χ2v) is 5.71. The lowest BCUT2D eigenvalue weighted by Crippen LogP contribution is -2.29. The molecule has 23 heavy (non-hydrogen) atoms. The Kier molecular flexibility index (Phi) is 5.63. The summed E-state index contributed by atoms with van der Waals surface area (Å²) in [6, 6.07) is 9.79. The Bertz CT molecular complexity index is 680. The number of rotatable bonds is 6. The summed E-state index contributed by atoms with van der Waals surface area (Å²) in [5.41, 5.74) is 2.34. The molecule has 0 saturated carbocycles. The number of hydrogen-bond acceptors (Lipinski definition) is 3. The molecule has 0 unspecified atom stereocenters. The fraction of sp³-hybridized carbons (Fsp3) is 0.316. The normalized spacial score (nSPS) is 11.0. The second-order valence-electron chi connectivity index (χ2n) is 5.71. The zero-order valence-electron chi connectivity index (χ0n) is 14.1. The van der Waals surface area contributed by atoms with Gasteiger partial charge in [0.25, 0.3) is 0 Å². The van der Waals surface area contributed by atoms with Gasteiger partial charge in [-0.3, -0.25) is 4.79 Å². The van der Waals surface area contributed by atoms with Gasteiger partial charge in [-0.1, -0.05) is 6.07 Å². The SMILES string of the molecule is Cc1cc(C)cc(OCCN(C)C(=O)/C=C/c2ccc(C)o2)c1. The van der Waals surface area contributed by atoms with E-state index in [9.17, 15) is 4.79 Å². The Labute approximate surface area is 137 Å². The molecule has 4 heteroatoms. The number of carbonyl (C=O) groups is 1. The molecule has 1 aromatic heterocycles. The number of ether oxygens (including phenoxy) is 1. The van der Waals surface area contributed by atoms with E-state index in [4.69, 9.17) is 9.15 Å². The highest BCUT2D eigenvalue weighted by molar-refractivity contribution is 5.91. The summed E-state index contributed by atoms with van der Waals surface area (Å²) in [6.07, 6.45) is 3.19. The van der Waals surface area contributed by atoms with Crippen molar-refractivity contribution in [2.45, 2.75) is 20.8 Å². The number of furan rings is 1. The van der Waals surface area contributed by atoms with Gasteiger partial charge in [-0.05, 0) is 62.2 Å². The summed E-state index contributed by atoms with van der Waals surface area (Å²) in [6.45, 7) is 6.93. The molecular weight excluding hydrogens is 290 g/mol. The van der Waals surface area contributed by atoms with Crippen LogP contribution in [0.25, 0.3) is 6.08 Å². The maximum absolute atomic E-state index is 12.0. The molecule has 0 bridgehead atoms. The van der Waals surface area contributed by atoms with Crippen LogP contribution in [0.15, 0.2) is 40.8 Å². The molecule has 122 valence electrons. The predicted molar refractivity (Wildman–Crippen MR) is 91.5 cm³/mol. The van der Waals surface area contributed by atoms with E-state index < -0.39 is 0 Å². The minimum Gasteiger partial charge on any atom is -0.492 e. The van der Waals surface area contributed by atoms with Crippen molar-refractivity contribution in [1.29, 1.82) is 0 Å². The smallest absolute Gasteiger partial charge is 0.246 e. The summed E-state index contributed by atoms with van der Waals surface area (Å²) in [5, 5.41) is 0. The van der Waals surface area contributed by atoms with Gasteiger partial charge in [-0.25, -0.2) is 0 Å². The molecule has 1 heterocycles. The summed E-state index contributed by atoms with van der Waals surface area (Å²) < 4.78 is 11.1. The highest BCUT2D eigenvalue weighted by atomic mass is 16.5. The number of amides is 1. The number of aryl methyl sites for hydroxylation is 3. The first kappa shape index (κ1) is 16.9. The molecule has 1 aromatic carbocycles. The van der Waals surface area contributed by atoms with Crippen molar-refractivity contribution in [3.8, 4) is 5.75 Å². The first-order valence-electron chi connectivity index (χ1n) is 7.65. The van der Waals surface area contributed by atoms with E-state index in [0.717, 1.165) is 11.5 Å². The number of likely N-dealkylation sites (N-methyl/N-ethyl adjacent to an activating group) is 1. The third kappa shape index (κ3) is 5.33. The van der Waals surface area contributed by atoms with Crippen LogP contribution in [-0.2, 0) is 4.79 Å². The van der Waals surface area contributed by atoms with Crippen molar-refractivity contribution in [3.63, 3.8) is 0 Å². The minimum atomic E-state index is -0.0805.